The molecule has 3 aliphatic rings. The minimum atomic E-state index is -3.17. The quantitative estimate of drug-likeness (QED) is 0.155. The fraction of sp³-hybridized carbons (Fsp3) is 0.109. The van der Waals surface area contributed by atoms with E-state index < -0.39 is 7.14 Å². The number of allylic oxidation sites excluding steroid dienone is 7. The molecule has 9 rings (SSSR count). The number of aromatic nitrogens is 3. The number of rotatable bonds is 7. The van der Waals surface area contributed by atoms with Gasteiger partial charge in [0.1, 0.15) is 5.82 Å². The van der Waals surface area contributed by atoms with E-state index in [1.165, 1.54) is 16.0 Å². The lowest BCUT2D eigenvalue weighted by Gasteiger charge is -2.21. The van der Waals surface area contributed by atoms with Gasteiger partial charge < -0.3 is 4.57 Å². The van der Waals surface area contributed by atoms with Gasteiger partial charge in [0.05, 0.1) is 0 Å². The van der Waals surface area contributed by atoms with Crippen molar-refractivity contribution >= 4 is 40.4 Å². The van der Waals surface area contributed by atoms with Crippen LogP contribution in [-0.2, 0) is 4.57 Å². The Morgan fingerprint density at radius 2 is 1.29 bits per heavy atom. The molecule has 0 N–H and O–H groups in total. The summed E-state index contributed by atoms with van der Waals surface area (Å²) in [7, 11) is -3.17. The summed E-state index contributed by atoms with van der Waals surface area (Å²) in [6.07, 6.45) is 16.2. The zero-order chi connectivity index (χ0) is 35.1. The molecular formula is C46H36N3OPS. The predicted molar refractivity (Wildman–Crippen MR) is 217 cm³/mol. The number of hydrogen-bond acceptors (Lipinski definition) is 5. The van der Waals surface area contributed by atoms with Crippen molar-refractivity contribution in [2.45, 2.75) is 29.4 Å². The molecule has 4 nitrogen and oxygen atoms in total. The second-order valence-corrected chi connectivity index (χ2v) is 17.5. The van der Waals surface area contributed by atoms with Crippen LogP contribution in [0, 0.1) is 5.92 Å². The fourth-order valence-electron chi connectivity index (χ4n) is 7.49. The third kappa shape index (κ3) is 5.84. The molecule has 252 valence electrons. The van der Waals surface area contributed by atoms with E-state index in [0.29, 0.717) is 16.9 Å². The van der Waals surface area contributed by atoms with Gasteiger partial charge in [-0.1, -0.05) is 159 Å². The molecule has 5 aromatic carbocycles. The maximum absolute atomic E-state index is 15.4. The molecule has 0 saturated carbocycles. The van der Waals surface area contributed by atoms with Crippen LogP contribution >= 0.6 is 18.9 Å². The Hall–Kier alpha value is -5.35. The van der Waals surface area contributed by atoms with Gasteiger partial charge in [0.2, 0.25) is 0 Å². The first-order valence-corrected chi connectivity index (χ1v) is 20.4. The van der Waals surface area contributed by atoms with E-state index in [2.05, 4.69) is 85.9 Å². The van der Waals surface area contributed by atoms with Crippen LogP contribution in [0.3, 0.4) is 0 Å². The lowest BCUT2D eigenvalue weighted by Crippen LogP contribution is -2.25. The molecular weight excluding hydrogens is 674 g/mol. The highest BCUT2D eigenvalue weighted by Crippen LogP contribution is 2.53. The Morgan fingerprint density at radius 3 is 2.02 bits per heavy atom. The predicted octanol–water partition coefficient (Wildman–Crippen LogP) is 10.2. The van der Waals surface area contributed by atoms with Gasteiger partial charge >= 0.3 is 0 Å². The first kappa shape index (κ1) is 32.6. The standard InChI is InChI=1S/C46H36N3OPS/c1-31-16-11-12-25-38(31)45-47-44(32-17-5-2-6-18-32)48-46(49-45)40-29-34(30-42-43(40)39-26-13-14-27-41(39)52-42)33-19-15-24-37(28-33)51(50,35-20-7-3-8-21-35)36-22-9-4-10-23-36/h2-26,28-31,38,41H,27H2,1H3. The Balaban J connectivity index is 1.25. The molecule has 3 atom stereocenters. The van der Waals surface area contributed by atoms with E-state index in [1.807, 2.05) is 103 Å². The maximum Gasteiger partial charge on any atom is 0.171 e. The van der Waals surface area contributed by atoms with Crippen LogP contribution < -0.4 is 15.9 Å². The van der Waals surface area contributed by atoms with Crippen molar-refractivity contribution in [1.82, 2.24) is 15.0 Å². The molecule has 0 fully saturated rings. The van der Waals surface area contributed by atoms with Gasteiger partial charge in [-0.3, -0.25) is 0 Å². The highest BCUT2D eigenvalue weighted by molar-refractivity contribution is 8.00. The molecule has 2 aliphatic carbocycles. The van der Waals surface area contributed by atoms with Crippen LogP contribution in [-0.4, -0.2) is 20.2 Å². The smallest absolute Gasteiger partial charge is 0.171 e. The van der Waals surface area contributed by atoms with Crippen molar-refractivity contribution in [2.75, 3.05) is 0 Å². The SMILES string of the molecule is CC1C=CC=CC1c1nc(-c2ccccc2)nc(-c2cc(-c3cccc(P(=O)(c4ccccc4)c4ccccc4)c3)cc3c2C2=CC=CCC2S3)n1. The van der Waals surface area contributed by atoms with Gasteiger partial charge in [0, 0.05) is 48.7 Å². The minimum absolute atomic E-state index is 0.0335. The second kappa shape index (κ2) is 13.7. The van der Waals surface area contributed by atoms with Crippen LogP contribution in [0.1, 0.15) is 30.7 Å². The zero-order valence-corrected chi connectivity index (χ0v) is 30.4. The van der Waals surface area contributed by atoms with E-state index in [4.69, 9.17) is 15.0 Å². The fourth-order valence-corrected chi connectivity index (χ4v) is 11.6. The summed E-state index contributed by atoms with van der Waals surface area (Å²) in [5.74, 6) is 2.39. The molecule has 0 saturated heterocycles. The number of hydrogen-bond donors (Lipinski definition) is 0. The molecule has 1 aliphatic heterocycles. The summed E-state index contributed by atoms with van der Waals surface area (Å²) in [4.78, 5) is 16.8. The van der Waals surface area contributed by atoms with Gasteiger partial charge in [0.25, 0.3) is 0 Å². The number of nitrogens with zero attached hydrogens (tertiary/aromatic N) is 3. The lowest BCUT2D eigenvalue weighted by molar-refractivity contribution is 0.592. The molecule has 6 heteroatoms. The van der Waals surface area contributed by atoms with E-state index in [9.17, 15) is 0 Å². The Labute approximate surface area is 309 Å². The summed E-state index contributed by atoms with van der Waals surface area (Å²) in [5.41, 5.74) is 6.50. The van der Waals surface area contributed by atoms with Crippen molar-refractivity contribution in [3.05, 3.63) is 181 Å². The highest BCUT2D eigenvalue weighted by atomic mass is 32.2. The molecule has 6 aromatic rings. The van der Waals surface area contributed by atoms with Crippen molar-refractivity contribution in [3.63, 3.8) is 0 Å². The van der Waals surface area contributed by atoms with Crippen molar-refractivity contribution in [1.29, 1.82) is 0 Å². The van der Waals surface area contributed by atoms with E-state index >= 15 is 4.57 Å². The highest BCUT2D eigenvalue weighted by Gasteiger charge is 2.34. The number of fused-ring (bicyclic) bond motifs is 3. The van der Waals surface area contributed by atoms with Gasteiger partial charge in [-0.2, -0.15) is 0 Å². The molecule has 3 unspecified atom stereocenters. The monoisotopic (exact) mass is 709 g/mol. The summed E-state index contributed by atoms with van der Waals surface area (Å²) in [5, 5.41) is 2.77. The molecule has 0 amide bonds. The Kier molecular flexibility index (Phi) is 8.55. The largest absolute Gasteiger partial charge is 0.309 e. The summed E-state index contributed by atoms with van der Waals surface area (Å²) in [6.45, 7) is 2.21. The van der Waals surface area contributed by atoms with Gasteiger partial charge in [-0.15, -0.1) is 11.8 Å². The second-order valence-electron chi connectivity index (χ2n) is 13.5. The van der Waals surface area contributed by atoms with Crippen LogP contribution in [0.5, 0.6) is 0 Å². The van der Waals surface area contributed by atoms with Crippen LogP contribution in [0.2, 0.25) is 0 Å². The lowest BCUT2D eigenvalue weighted by atomic mass is 9.88. The molecule has 52 heavy (non-hydrogen) atoms. The van der Waals surface area contributed by atoms with E-state index in [0.717, 1.165) is 50.4 Å². The maximum atomic E-state index is 15.4. The number of thioether (sulfide) groups is 1. The van der Waals surface area contributed by atoms with Gasteiger partial charge in [0.15, 0.2) is 18.8 Å². The Bertz CT molecular complexity index is 2430. The first-order chi connectivity index (χ1) is 25.6. The molecule has 2 heterocycles. The molecule has 0 radical (unpaired) electrons. The van der Waals surface area contributed by atoms with Crippen LogP contribution in [0.4, 0.5) is 0 Å². The van der Waals surface area contributed by atoms with Crippen molar-refractivity contribution < 1.29 is 4.57 Å². The average molecular weight is 710 g/mol. The van der Waals surface area contributed by atoms with Crippen LogP contribution in [0.15, 0.2) is 175 Å². The molecule has 0 bridgehead atoms. The molecule has 0 spiro atoms. The normalized spacial score (nSPS) is 18.9. The summed E-state index contributed by atoms with van der Waals surface area (Å²) < 4.78 is 15.4. The summed E-state index contributed by atoms with van der Waals surface area (Å²) in [6, 6.07) is 42.8. The first-order valence-electron chi connectivity index (χ1n) is 17.8. The minimum Gasteiger partial charge on any atom is -0.309 e. The third-order valence-electron chi connectivity index (χ3n) is 10.2. The van der Waals surface area contributed by atoms with Crippen LogP contribution in [0.25, 0.3) is 39.5 Å². The molecule has 1 aromatic heterocycles. The van der Waals surface area contributed by atoms with E-state index in [1.54, 1.807) is 0 Å². The third-order valence-corrected chi connectivity index (χ3v) is 14.5. The van der Waals surface area contributed by atoms with Crippen molar-refractivity contribution in [2.24, 2.45) is 5.92 Å². The summed E-state index contributed by atoms with van der Waals surface area (Å²) >= 11 is 1.91. The van der Waals surface area contributed by atoms with Crippen molar-refractivity contribution in [3.8, 4) is 33.9 Å². The topological polar surface area (TPSA) is 55.7 Å². The van der Waals surface area contributed by atoms with Gasteiger partial charge in [-0.05, 0) is 47.2 Å². The zero-order valence-electron chi connectivity index (χ0n) is 28.7. The van der Waals surface area contributed by atoms with Gasteiger partial charge in [-0.25, -0.2) is 15.0 Å². The average Bonchev–Trinajstić information content (AvgIpc) is 3.60. The Morgan fingerprint density at radius 1 is 0.635 bits per heavy atom. The number of benzene rings is 5. The van der Waals surface area contributed by atoms with E-state index in [-0.39, 0.29) is 11.8 Å².